The Labute approximate surface area is 137 Å². The third-order valence-corrected chi connectivity index (χ3v) is 4.45. The Morgan fingerprint density at radius 1 is 0.773 bits per heavy atom. The van der Waals surface area contributed by atoms with Gasteiger partial charge >= 0.3 is 0 Å². The number of hydrogen-bond acceptors (Lipinski definition) is 1. The fraction of sp³-hybridized carbons (Fsp3) is 0.750. The molecule has 0 atom stereocenters. The minimum Gasteiger partial charge on any atom is -0.385 e. The summed E-state index contributed by atoms with van der Waals surface area (Å²) in [5.41, 5.74) is 1.02. The highest BCUT2D eigenvalue weighted by molar-refractivity contribution is 4.95. The van der Waals surface area contributed by atoms with Crippen molar-refractivity contribution < 1.29 is 9.67 Å². The van der Waals surface area contributed by atoms with Crippen molar-refractivity contribution in [2.75, 3.05) is 0 Å². The number of aliphatic hydroxyl groups excluding tert-OH is 1. The van der Waals surface area contributed by atoms with Gasteiger partial charge in [-0.2, -0.15) is 0 Å². The molecule has 1 heterocycles. The van der Waals surface area contributed by atoms with E-state index in [4.69, 9.17) is 0 Å². The predicted octanol–water partition coefficient (Wildman–Crippen LogP) is 5.17. The van der Waals surface area contributed by atoms with E-state index in [9.17, 15) is 5.11 Å². The van der Waals surface area contributed by atoms with E-state index < -0.39 is 0 Å². The minimum absolute atomic E-state index is 0.138. The Morgan fingerprint density at radius 2 is 1.32 bits per heavy atom. The molecule has 22 heavy (non-hydrogen) atoms. The fourth-order valence-corrected chi connectivity index (χ4v) is 3.00. The SMILES string of the molecule is CCCCCCCCCCCCCC[n+]1ccccc1CO. The molecule has 0 aliphatic rings. The van der Waals surface area contributed by atoms with Crippen LogP contribution in [0.1, 0.15) is 89.7 Å². The van der Waals surface area contributed by atoms with Crippen molar-refractivity contribution >= 4 is 0 Å². The summed E-state index contributed by atoms with van der Waals surface area (Å²) in [5.74, 6) is 0. The summed E-state index contributed by atoms with van der Waals surface area (Å²) in [7, 11) is 0. The summed E-state index contributed by atoms with van der Waals surface area (Å²) in [6, 6.07) is 6.03. The van der Waals surface area contributed by atoms with Crippen LogP contribution in [0.3, 0.4) is 0 Å². The molecule has 0 unspecified atom stereocenters. The highest BCUT2D eigenvalue weighted by Crippen LogP contribution is 2.11. The Hall–Kier alpha value is -0.890. The first-order valence-electron chi connectivity index (χ1n) is 9.46. The summed E-state index contributed by atoms with van der Waals surface area (Å²) in [5, 5.41) is 9.29. The largest absolute Gasteiger partial charge is 0.385 e. The molecular weight excluding hydrogens is 270 g/mol. The number of aliphatic hydroxyl groups is 1. The second-order valence-electron chi connectivity index (χ2n) is 6.43. The van der Waals surface area contributed by atoms with Crippen LogP contribution < -0.4 is 4.57 Å². The van der Waals surface area contributed by atoms with Crippen LogP contribution in [-0.2, 0) is 13.2 Å². The molecule has 0 saturated carbocycles. The summed E-state index contributed by atoms with van der Waals surface area (Å²) < 4.78 is 2.18. The minimum atomic E-state index is 0.138. The third-order valence-electron chi connectivity index (χ3n) is 4.45. The van der Waals surface area contributed by atoms with Crippen LogP contribution in [0.4, 0.5) is 0 Å². The van der Waals surface area contributed by atoms with Crippen molar-refractivity contribution in [2.24, 2.45) is 0 Å². The molecule has 0 bridgehead atoms. The average molecular weight is 307 g/mol. The quantitative estimate of drug-likeness (QED) is 0.372. The standard InChI is InChI=1S/C20H36NO/c1-2-3-4-5-6-7-8-9-10-11-12-14-17-21-18-15-13-16-20(21)19-22/h13,15-16,18,22H,2-12,14,17,19H2,1H3/q+1. The molecule has 1 aromatic rings. The Bertz CT molecular complexity index is 364. The molecule has 2 nitrogen and oxygen atoms in total. The van der Waals surface area contributed by atoms with Crippen molar-refractivity contribution in [2.45, 2.75) is 97.1 Å². The number of rotatable bonds is 14. The van der Waals surface area contributed by atoms with Crippen molar-refractivity contribution in [1.82, 2.24) is 0 Å². The highest BCUT2D eigenvalue weighted by Gasteiger charge is 2.06. The van der Waals surface area contributed by atoms with Crippen LogP contribution in [0.25, 0.3) is 0 Å². The summed E-state index contributed by atoms with van der Waals surface area (Å²) in [6.45, 7) is 3.45. The van der Waals surface area contributed by atoms with Gasteiger partial charge in [-0.3, -0.25) is 0 Å². The maximum absolute atomic E-state index is 9.29. The van der Waals surface area contributed by atoms with Gasteiger partial charge < -0.3 is 5.11 Å². The zero-order chi connectivity index (χ0) is 15.9. The van der Waals surface area contributed by atoms with E-state index in [0.717, 1.165) is 12.2 Å². The van der Waals surface area contributed by atoms with Crippen molar-refractivity contribution in [3.05, 3.63) is 30.1 Å². The van der Waals surface area contributed by atoms with Crippen molar-refractivity contribution in [1.29, 1.82) is 0 Å². The molecule has 126 valence electrons. The average Bonchev–Trinajstić information content (AvgIpc) is 2.56. The van der Waals surface area contributed by atoms with Crippen LogP contribution in [0, 0.1) is 0 Å². The van der Waals surface area contributed by atoms with E-state index in [2.05, 4.69) is 17.7 Å². The molecule has 0 amide bonds. The van der Waals surface area contributed by atoms with E-state index in [1.54, 1.807) is 0 Å². The summed E-state index contributed by atoms with van der Waals surface area (Å²) >= 11 is 0. The van der Waals surface area contributed by atoms with Gasteiger partial charge in [-0.05, 0) is 6.42 Å². The Balaban J connectivity index is 1.89. The molecule has 1 aromatic heterocycles. The highest BCUT2D eigenvalue weighted by atomic mass is 16.3. The van der Waals surface area contributed by atoms with Gasteiger partial charge in [0, 0.05) is 18.6 Å². The van der Waals surface area contributed by atoms with Crippen molar-refractivity contribution in [3.8, 4) is 0 Å². The van der Waals surface area contributed by atoms with Gasteiger partial charge in [0.1, 0.15) is 13.2 Å². The van der Waals surface area contributed by atoms with E-state index in [1.165, 1.54) is 77.0 Å². The lowest BCUT2D eigenvalue weighted by Crippen LogP contribution is -2.37. The Morgan fingerprint density at radius 3 is 1.86 bits per heavy atom. The molecule has 0 aromatic carbocycles. The van der Waals surface area contributed by atoms with Gasteiger partial charge in [0.25, 0.3) is 0 Å². The molecule has 0 aliphatic heterocycles. The predicted molar refractivity (Wildman–Crippen MR) is 93.6 cm³/mol. The summed E-state index contributed by atoms with van der Waals surface area (Å²) in [4.78, 5) is 0. The first kappa shape index (κ1) is 19.2. The van der Waals surface area contributed by atoms with Gasteiger partial charge in [-0.25, -0.2) is 4.57 Å². The molecule has 0 spiro atoms. The second kappa shape index (κ2) is 13.8. The van der Waals surface area contributed by atoms with Crippen LogP contribution in [0.5, 0.6) is 0 Å². The van der Waals surface area contributed by atoms with Gasteiger partial charge in [0.15, 0.2) is 6.20 Å². The molecule has 1 N–H and O–H groups in total. The lowest BCUT2D eigenvalue weighted by atomic mass is 10.1. The molecule has 1 rings (SSSR count). The smallest absolute Gasteiger partial charge is 0.206 e. The zero-order valence-corrected chi connectivity index (χ0v) is 14.6. The van der Waals surface area contributed by atoms with Gasteiger partial charge in [0.05, 0.1) is 0 Å². The zero-order valence-electron chi connectivity index (χ0n) is 14.6. The maximum atomic E-state index is 9.29. The van der Waals surface area contributed by atoms with Crippen LogP contribution in [0.15, 0.2) is 24.4 Å². The number of hydrogen-bond donors (Lipinski definition) is 1. The van der Waals surface area contributed by atoms with E-state index in [1.807, 2.05) is 18.2 Å². The first-order valence-corrected chi connectivity index (χ1v) is 9.46. The number of nitrogens with zero attached hydrogens (tertiary/aromatic N) is 1. The van der Waals surface area contributed by atoms with Crippen LogP contribution in [-0.4, -0.2) is 5.11 Å². The number of unbranched alkanes of at least 4 members (excludes halogenated alkanes) is 11. The maximum Gasteiger partial charge on any atom is 0.206 e. The molecule has 0 fully saturated rings. The first-order chi connectivity index (χ1) is 10.9. The summed E-state index contributed by atoms with van der Waals surface area (Å²) in [6.07, 6.45) is 18.7. The third kappa shape index (κ3) is 9.19. The Kier molecular flexibility index (Phi) is 12.0. The van der Waals surface area contributed by atoms with Crippen LogP contribution in [0.2, 0.25) is 0 Å². The van der Waals surface area contributed by atoms with E-state index in [-0.39, 0.29) is 6.61 Å². The monoisotopic (exact) mass is 306 g/mol. The van der Waals surface area contributed by atoms with E-state index >= 15 is 0 Å². The number of aryl methyl sites for hydroxylation is 1. The topological polar surface area (TPSA) is 24.1 Å². The van der Waals surface area contributed by atoms with Gasteiger partial charge in [-0.15, -0.1) is 0 Å². The lowest BCUT2D eigenvalue weighted by molar-refractivity contribution is -0.706. The van der Waals surface area contributed by atoms with Crippen LogP contribution >= 0.6 is 0 Å². The molecular formula is C20H36NO+. The normalized spacial score (nSPS) is 11.0. The van der Waals surface area contributed by atoms with Gasteiger partial charge in [0.2, 0.25) is 5.69 Å². The second-order valence-corrected chi connectivity index (χ2v) is 6.43. The molecule has 0 aliphatic carbocycles. The van der Waals surface area contributed by atoms with E-state index in [0.29, 0.717) is 0 Å². The molecule has 0 saturated heterocycles. The van der Waals surface area contributed by atoms with Gasteiger partial charge in [-0.1, -0.05) is 77.2 Å². The number of pyridine rings is 1. The molecule has 2 heteroatoms. The lowest BCUT2D eigenvalue weighted by Gasteiger charge is -2.03. The van der Waals surface area contributed by atoms with Crippen molar-refractivity contribution in [3.63, 3.8) is 0 Å². The fourth-order valence-electron chi connectivity index (χ4n) is 3.00. The number of aromatic nitrogens is 1. The molecule has 0 radical (unpaired) electrons.